The van der Waals surface area contributed by atoms with Gasteiger partial charge in [0.05, 0.1) is 17.3 Å². The van der Waals surface area contributed by atoms with E-state index in [0.29, 0.717) is 24.0 Å². The van der Waals surface area contributed by atoms with Gasteiger partial charge in [-0.15, -0.1) is 0 Å². The van der Waals surface area contributed by atoms with Crippen molar-refractivity contribution >= 4 is 11.9 Å². The van der Waals surface area contributed by atoms with E-state index < -0.39 is 0 Å². The Balaban J connectivity index is 2.26. The third kappa shape index (κ3) is 2.66. The summed E-state index contributed by atoms with van der Waals surface area (Å²) in [5, 5.41) is 0. The summed E-state index contributed by atoms with van der Waals surface area (Å²) in [7, 11) is 3.77. The molecule has 0 unspecified atom stereocenters. The van der Waals surface area contributed by atoms with Gasteiger partial charge in [0.15, 0.2) is 0 Å². The van der Waals surface area contributed by atoms with Crippen LogP contribution in [0.2, 0.25) is 0 Å². The number of hydrogen-bond acceptors (Lipinski definition) is 4. The van der Waals surface area contributed by atoms with E-state index in [1.54, 1.807) is 6.20 Å². The number of aryl methyl sites for hydroxylation is 1. The smallest absolute Gasteiger partial charge is 0.258 e. The van der Waals surface area contributed by atoms with E-state index in [0.717, 1.165) is 5.69 Å². The van der Waals surface area contributed by atoms with Crippen molar-refractivity contribution in [1.29, 1.82) is 0 Å². The third-order valence-corrected chi connectivity index (χ3v) is 3.54. The number of nitrogens with zero attached hydrogens (tertiary/aromatic N) is 4. The molecule has 2 rings (SSSR count). The van der Waals surface area contributed by atoms with E-state index in [1.807, 2.05) is 36.9 Å². The first-order valence-corrected chi connectivity index (χ1v) is 6.90. The van der Waals surface area contributed by atoms with Crippen LogP contribution in [-0.2, 0) is 0 Å². The molecule has 20 heavy (non-hydrogen) atoms. The number of carbonyl (C=O) groups excluding carboxylic acids is 1. The van der Waals surface area contributed by atoms with Crippen molar-refractivity contribution in [3.05, 3.63) is 29.6 Å². The number of carbonyl (C=O) groups is 1. The lowest BCUT2D eigenvalue weighted by atomic mass is 10.0. The van der Waals surface area contributed by atoms with Gasteiger partial charge < -0.3 is 9.80 Å². The second-order valence-corrected chi connectivity index (χ2v) is 5.68. The zero-order valence-corrected chi connectivity index (χ0v) is 12.8. The Labute approximate surface area is 120 Å². The van der Waals surface area contributed by atoms with Gasteiger partial charge in [0.2, 0.25) is 5.95 Å². The van der Waals surface area contributed by atoms with E-state index in [-0.39, 0.29) is 11.9 Å². The Hall–Kier alpha value is -1.91. The molecular formula is C15H22N4O. The molecule has 5 nitrogen and oxygen atoms in total. The first kappa shape index (κ1) is 14.5. The van der Waals surface area contributed by atoms with Crippen molar-refractivity contribution in [1.82, 2.24) is 14.9 Å². The van der Waals surface area contributed by atoms with Gasteiger partial charge in [-0.25, -0.2) is 9.97 Å². The van der Waals surface area contributed by atoms with Crippen molar-refractivity contribution < 1.29 is 4.79 Å². The van der Waals surface area contributed by atoms with E-state index >= 15 is 0 Å². The first-order chi connectivity index (χ1) is 9.41. The van der Waals surface area contributed by atoms with Crippen molar-refractivity contribution in [2.45, 2.75) is 26.8 Å². The van der Waals surface area contributed by atoms with E-state index in [4.69, 9.17) is 0 Å². The fourth-order valence-corrected chi connectivity index (χ4v) is 2.37. The van der Waals surface area contributed by atoms with Crippen LogP contribution < -0.4 is 4.90 Å². The minimum atomic E-state index is 0.0107. The second-order valence-electron chi connectivity index (χ2n) is 5.68. The Morgan fingerprint density at radius 3 is 2.70 bits per heavy atom. The molecule has 1 atom stereocenters. The normalized spacial score (nSPS) is 17.9. The minimum absolute atomic E-state index is 0.0107. The topological polar surface area (TPSA) is 49.3 Å². The molecule has 1 aromatic rings. The molecule has 1 aliphatic heterocycles. The molecule has 0 saturated carbocycles. The molecule has 2 heterocycles. The van der Waals surface area contributed by atoms with Crippen LogP contribution in [0.25, 0.3) is 0 Å². The van der Waals surface area contributed by atoms with E-state index in [9.17, 15) is 4.79 Å². The predicted octanol–water partition coefficient (Wildman–Crippen LogP) is 1.89. The summed E-state index contributed by atoms with van der Waals surface area (Å²) >= 11 is 0. The minimum Gasteiger partial charge on any atom is -0.347 e. The summed E-state index contributed by atoms with van der Waals surface area (Å²) in [5.74, 6) is 1.04. The largest absolute Gasteiger partial charge is 0.347 e. The molecule has 0 radical (unpaired) electrons. The molecular weight excluding hydrogens is 252 g/mol. The third-order valence-electron chi connectivity index (χ3n) is 3.54. The van der Waals surface area contributed by atoms with Crippen LogP contribution >= 0.6 is 0 Å². The number of hydrogen-bond donors (Lipinski definition) is 0. The van der Waals surface area contributed by atoms with Gasteiger partial charge in [0.1, 0.15) is 0 Å². The summed E-state index contributed by atoms with van der Waals surface area (Å²) in [6.07, 6.45) is 5.79. The van der Waals surface area contributed by atoms with E-state index in [2.05, 4.69) is 29.9 Å². The maximum atomic E-state index is 12.7. The lowest BCUT2D eigenvalue weighted by Gasteiger charge is -2.28. The van der Waals surface area contributed by atoms with Crippen LogP contribution in [0, 0.1) is 12.8 Å². The Kier molecular flexibility index (Phi) is 4.06. The van der Waals surface area contributed by atoms with Crippen molar-refractivity contribution in [3.63, 3.8) is 0 Å². The van der Waals surface area contributed by atoms with Crippen LogP contribution in [0.1, 0.15) is 29.9 Å². The van der Waals surface area contributed by atoms with Crippen LogP contribution in [0.4, 0.5) is 5.95 Å². The number of rotatable bonds is 3. The van der Waals surface area contributed by atoms with Crippen molar-refractivity contribution in [3.8, 4) is 0 Å². The SMILES string of the molecule is Cc1nc(N(C)C)ncc1C(=O)N1CC=C[C@H]1C(C)C. The molecule has 0 aliphatic carbocycles. The van der Waals surface area contributed by atoms with Crippen LogP contribution in [0.3, 0.4) is 0 Å². The first-order valence-electron chi connectivity index (χ1n) is 6.90. The summed E-state index contributed by atoms with van der Waals surface area (Å²) in [6.45, 7) is 6.77. The monoisotopic (exact) mass is 274 g/mol. The van der Waals surface area contributed by atoms with Gasteiger partial charge in [-0.2, -0.15) is 0 Å². The number of aromatic nitrogens is 2. The van der Waals surface area contributed by atoms with Gasteiger partial charge in [-0.1, -0.05) is 26.0 Å². The van der Waals surface area contributed by atoms with Gasteiger partial charge in [0, 0.05) is 26.8 Å². The van der Waals surface area contributed by atoms with Gasteiger partial charge in [0.25, 0.3) is 5.91 Å². The highest BCUT2D eigenvalue weighted by Gasteiger charge is 2.29. The van der Waals surface area contributed by atoms with Crippen LogP contribution in [0.5, 0.6) is 0 Å². The molecule has 1 amide bonds. The number of amides is 1. The maximum Gasteiger partial charge on any atom is 0.258 e. The predicted molar refractivity (Wildman–Crippen MR) is 79.9 cm³/mol. The molecule has 0 saturated heterocycles. The zero-order chi connectivity index (χ0) is 14.9. The zero-order valence-electron chi connectivity index (χ0n) is 12.8. The Bertz CT molecular complexity index is 537. The van der Waals surface area contributed by atoms with Gasteiger partial charge >= 0.3 is 0 Å². The quantitative estimate of drug-likeness (QED) is 0.790. The average molecular weight is 274 g/mol. The Morgan fingerprint density at radius 2 is 2.15 bits per heavy atom. The molecule has 0 aromatic carbocycles. The highest BCUT2D eigenvalue weighted by Crippen LogP contribution is 2.21. The summed E-state index contributed by atoms with van der Waals surface area (Å²) in [6, 6.07) is 0.162. The van der Waals surface area contributed by atoms with E-state index in [1.165, 1.54) is 0 Å². The Morgan fingerprint density at radius 1 is 1.45 bits per heavy atom. The molecule has 0 N–H and O–H groups in total. The summed E-state index contributed by atoms with van der Waals surface area (Å²) < 4.78 is 0. The molecule has 0 spiro atoms. The maximum absolute atomic E-state index is 12.7. The fourth-order valence-electron chi connectivity index (χ4n) is 2.37. The summed E-state index contributed by atoms with van der Waals surface area (Å²) in [4.78, 5) is 25.0. The average Bonchev–Trinajstić information content (AvgIpc) is 2.87. The standard InChI is InChI=1S/C15H22N4O/c1-10(2)13-7-6-8-19(13)14(20)12-9-16-15(18(4)5)17-11(12)3/h6-7,9-10,13H,8H2,1-5H3/t13-/m0/s1. The van der Waals surface area contributed by atoms with Crippen molar-refractivity contribution in [2.24, 2.45) is 5.92 Å². The molecule has 0 fully saturated rings. The molecule has 5 heteroatoms. The van der Waals surface area contributed by atoms with Gasteiger partial charge in [-0.05, 0) is 12.8 Å². The molecule has 1 aromatic heterocycles. The van der Waals surface area contributed by atoms with Crippen LogP contribution in [-0.4, -0.2) is 47.5 Å². The lowest BCUT2D eigenvalue weighted by Crippen LogP contribution is -2.39. The van der Waals surface area contributed by atoms with Crippen molar-refractivity contribution in [2.75, 3.05) is 25.5 Å². The highest BCUT2D eigenvalue weighted by molar-refractivity contribution is 5.95. The lowest BCUT2D eigenvalue weighted by molar-refractivity contribution is 0.0719. The fraction of sp³-hybridized carbons (Fsp3) is 0.533. The summed E-state index contributed by atoms with van der Waals surface area (Å²) in [5.41, 5.74) is 1.31. The highest BCUT2D eigenvalue weighted by atomic mass is 16.2. The molecule has 1 aliphatic rings. The molecule has 0 bridgehead atoms. The molecule has 108 valence electrons. The van der Waals surface area contributed by atoms with Gasteiger partial charge in [-0.3, -0.25) is 4.79 Å². The second kappa shape index (κ2) is 5.61. The number of anilines is 1. The van der Waals surface area contributed by atoms with Crippen LogP contribution in [0.15, 0.2) is 18.3 Å².